The lowest BCUT2D eigenvalue weighted by Gasteiger charge is -2.14. The smallest absolute Gasteiger partial charge is 0.414 e. The molecule has 2 heterocycles. The van der Waals surface area contributed by atoms with E-state index in [4.69, 9.17) is 16.3 Å². The first-order valence-electron chi connectivity index (χ1n) is 7.10. The second kappa shape index (κ2) is 5.14. The normalized spacial score (nSPS) is 16.5. The number of carbonyl (C=O) groups excluding carboxylic acids is 1. The van der Waals surface area contributed by atoms with E-state index in [0.717, 1.165) is 28.1 Å². The molecule has 0 aromatic heterocycles. The van der Waals surface area contributed by atoms with Gasteiger partial charge in [0.25, 0.3) is 0 Å². The Morgan fingerprint density at radius 3 is 2.86 bits per heavy atom. The van der Waals surface area contributed by atoms with Crippen molar-refractivity contribution in [1.82, 2.24) is 0 Å². The molecule has 2 aromatic carbocycles. The van der Waals surface area contributed by atoms with Crippen LogP contribution in [0, 0.1) is 0 Å². The number of hydrogen-bond donors (Lipinski definition) is 0. The molecule has 0 N–H and O–H groups in total. The van der Waals surface area contributed by atoms with E-state index in [-0.39, 0.29) is 6.09 Å². The number of nitrogens with zero attached hydrogens (tertiary/aromatic N) is 2. The fourth-order valence-electron chi connectivity index (χ4n) is 2.85. The second-order valence-corrected chi connectivity index (χ2v) is 5.72. The van der Waals surface area contributed by atoms with Crippen LogP contribution in [0.1, 0.15) is 16.7 Å². The van der Waals surface area contributed by atoms with Gasteiger partial charge in [0.1, 0.15) is 6.61 Å². The summed E-state index contributed by atoms with van der Waals surface area (Å²) in [7, 11) is 0. The van der Waals surface area contributed by atoms with Gasteiger partial charge in [-0.3, -0.25) is 9.89 Å². The van der Waals surface area contributed by atoms with Crippen molar-refractivity contribution < 1.29 is 9.53 Å². The summed E-state index contributed by atoms with van der Waals surface area (Å²) in [5, 5.41) is 0.688. The van der Waals surface area contributed by atoms with Crippen molar-refractivity contribution in [3.05, 3.63) is 64.2 Å². The molecule has 0 saturated carbocycles. The van der Waals surface area contributed by atoms with E-state index >= 15 is 0 Å². The van der Waals surface area contributed by atoms with Crippen molar-refractivity contribution >= 4 is 29.1 Å². The molecule has 1 amide bonds. The molecular formula is C17H13ClN2O2. The molecule has 0 atom stereocenters. The topological polar surface area (TPSA) is 41.9 Å². The summed E-state index contributed by atoms with van der Waals surface area (Å²) in [6, 6.07) is 13.6. The molecule has 110 valence electrons. The molecule has 4 nitrogen and oxygen atoms in total. The summed E-state index contributed by atoms with van der Waals surface area (Å²) >= 11 is 6.08. The maximum atomic E-state index is 11.7. The van der Waals surface area contributed by atoms with Crippen molar-refractivity contribution in [2.75, 3.05) is 18.1 Å². The molecule has 0 spiro atoms. The minimum Gasteiger partial charge on any atom is -0.447 e. The Kier molecular flexibility index (Phi) is 3.12. The van der Waals surface area contributed by atoms with Gasteiger partial charge in [0, 0.05) is 21.8 Å². The van der Waals surface area contributed by atoms with Crippen LogP contribution in [-0.2, 0) is 11.3 Å². The first-order valence-corrected chi connectivity index (χ1v) is 7.48. The molecule has 0 radical (unpaired) electrons. The highest BCUT2D eigenvalue weighted by atomic mass is 35.5. The van der Waals surface area contributed by atoms with Crippen LogP contribution in [0.2, 0.25) is 5.02 Å². The van der Waals surface area contributed by atoms with Crippen LogP contribution in [0.4, 0.5) is 10.5 Å². The molecule has 0 unspecified atom stereocenters. The standard InChI is InChI=1S/C17H13ClN2O2/c18-13-3-1-2-11(8-13)16-15-9-14(5-4-12(15)10-19-16)20-6-7-22-17(20)21/h1-5,8-9H,6-7,10H2. The number of hydrogen-bond acceptors (Lipinski definition) is 3. The number of benzene rings is 2. The molecule has 2 aromatic rings. The molecule has 1 saturated heterocycles. The van der Waals surface area contributed by atoms with Crippen LogP contribution in [0.25, 0.3) is 0 Å². The van der Waals surface area contributed by atoms with Gasteiger partial charge in [-0.1, -0.05) is 29.8 Å². The third-order valence-corrected chi connectivity index (χ3v) is 4.16. The van der Waals surface area contributed by atoms with Gasteiger partial charge in [-0.2, -0.15) is 0 Å². The second-order valence-electron chi connectivity index (χ2n) is 5.28. The van der Waals surface area contributed by atoms with E-state index in [1.54, 1.807) is 4.90 Å². The lowest BCUT2D eigenvalue weighted by Crippen LogP contribution is -2.23. The summed E-state index contributed by atoms with van der Waals surface area (Å²) in [4.78, 5) is 18.0. The van der Waals surface area contributed by atoms with Crippen LogP contribution in [0.3, 0.4) is 0 Å². The highest BCUT2D eigenvalue weighted by molar-refractivity contribution is 6.31. The zero-order valence-corrected chi connectivity index (χ0v) is 12.5. The monoisotopic (exact) mass is 312 g/mol. The number of rotatable bonds is 2. The van der Waals surface area contributed by atoms with Gasteiger partial charge in [0.05, 0.1) is 18.8 Å². The van der Waals surface area contributed by atoms with Crippen molar-refractivity contribution in [3.63, 3.8) is 0 Å². The van der Waals surface area contributed by atoms with Gasteiger partial charge < -0.3 is 4.74 Å². The largest absolute Gasteiger partial charge is 0.447 e. The van der Waals surface area contributed by atoms with Crippen molar-refractivity contribution in [2.45, 2.75) is 6.54 Å². The Bertz CT molecular complexity index is 801. The minimum atomic E-state index is -0.292. The molecule has 5 heteroatoms. The number of fused-ring (bicyclic) bond motifs is 1. The zero-order valence-electron chi connectivity index (χ0n) is 11.8. The predicted octanol–water partition coefficient (Wildman–Crippen LogP) is 3.65. The quantitative estimate of drug-likeness (QED) is 0.849. The Balaban J connectivity index is 1.75. The number of halogens is 1. The molecule has 2 aliphatic heterocycles. The fourth-order valence-corrected chi connectivity index (χ4v) is 3.04. The van der Waals surface area contributed by atoms with E-state index in [2.05, 4.69) is 4.99 Å². The van der Waals surface area contributed by atoms with Gasteiger partial charge in [-0.25, -0.2) is 4.79 Å². The Hall–Kier alpha value is -2.33. The van der Waals surface area contributed by atoms with Crippen molar-refractivity contribution in [1.29, 1.82) is 0 Å². The van der Waals surface area contributed by atoms with Crippen LogP contribution in [0.15, 0.2) is 47.5 Å². The Morgan fingerprint density at radius 1 is 1.18 bits per heavy atom. The fraction of sp³-hybridized carbons (Fsp3) is 0.176. The number of carbonyl (C=O) groups is 1. The van der Waals surface area contributed by atoms with E-state index in [1.165, 1.54) is 0 Å². The van der Waals surface area contributed by atoms with Gasteiger partial charge >= 0.3 is 6.09 Å². The molecule has 0 bridgehead atoms. The molecule has 0 aliphatic carbocycles. The van der Waals surface area contributed by atoms with Crippen LogP contribution >= 0.6 is 11.6 Å². The van der Waals surface area contributed by atoms with E-state index in [1.807, 2.05) is 42.5 Å². The average Bonchev–Trinajstić information content (AvgIpc) is 3.12. The summed E-state index contributed by atoms with van der Waals surface area (Å²) in [5.41, 5.74) is 4.97. The van der Waals surface area contributed by atoms with Crippen molar-refractivity contribution in [3.8, 4) is 0 Å². The van der Waals surface area contributed by atoms with E-state index < -0.39 is 0 Å². The summed E-state index contributed by atoms with van der Waals surface area (Å²) in [6.07, 6.45) is -0.292. The van der Waals surface area contributed by atoms with E-state index in [9.17, 15) is 4.79 Å². The molecule has 22 heavy (non-hydrogen) atoms. The molecule has 1 fully saturated rings. The maximum Gasteiger partial charge on any atom is 0.414 e. The number of aliphatic imine (C=N–C) groups is 1. The highest BCUT2D eigenvalue weighted by Crippen LogP contribution is 2.29. The van der Waals surface area contributed by atoms with E-state index in [0.29, 0.717) is 24.7 Å². The highest BCUT2D eigenvalue weighted by Gasteiger charge is 2.26. The van der Waals surface area contributed by atoms with Crippen molar-refractivity contribution in [2.24, 2.45) is 4.99 Å². The first kappa shape index (κ1) is 13.3. The summed E-state index contributed by atoms with van der Waals surface area (Å²) in [5.74, 6) is 0. The molecular weight excluding hydrogens is 300 g/mol. The third kappa shape index (κ3) is 2.16. The Morgan fingerprint density at radius 2 is 2.09 bits per heavy atom. The number of ether oxygens (including phenoxy) is 1. The molecule has 4 rings (SSSR count). The third-order valence-electron chi connectivity index (χ3n) is 3.93. The maximum absolute atomic E-state index is 11.7. The number of anilines is 1. The lowest BCUT2D eigenvalue weighted by molar-refractivity contribution is 0.181. The number of amides is 1. The lowest BCUT2D eigenvalue weighted by atomic mass is 9.99. The summed E-state index contributed by atoms with van der Waals surface area (Å²) in [6.45, 7) is 1.67. The van der Waals surface area contributed by atoms with Gasteiger partial charge in [-0.05, 0) is 29.8 Å². The van der Waals surface area contributed by atoms with Gasteiger partial charge in [-0.15, -0.1) is 0 Å². The summed E-state index contributed by atoms with van der Waals surface area (Å²) < 4.78 is 5.01. The van der Waals surface area contributed by atoms with Crippen LogP contribution in [0.5, 0.6) is 0 Å². The SMILES string of the molecule is O=C1OCCN1c1ccc2c(c1)C(c1cccc(Cl)c1)=NC2. The van der Waals surface area contributed by atoms with Gasteiger partial charge in [0.15, 0.2) is 0 Å². The Labute approximate surface area is 133 Å². The zero-order chi connectivity index (χ0) is 15.1. The number of cyclic esters (lactones) is 1. The molecule has 2 aliphatic rings. The predicted molar refractivity (Wildman–Crippen MR) is 85.9 cm³/mol. The first-order chi connectivity index (χ1) is 10.7. The van der Waals surface area contributed by atoms with Crippen LogP contribution in [-0.4, -0.2) is 25.0 Å². The minimum absolute atomic E-state index is 0.292. The average molecular weight is 313 g/mol. The van der Waals surface area contributed by atoms with Gasteiger partial charge in [0.2, 0.25) is 0 Å². The van der Waals surface area contributed by atoms with Crippen LogP contribution < -0.4 is 4.90 Å².